The van der Waals surface area contributed by atoms with Gasteiger partial charge in [0.15, 0.2) is 0 Å². The Kier molecular flexibility index (Phi) is 5.14. The summed E-state index contributed by atoms with van der Waals surface area (Å²) >= 11 is 5.06. The van der Waals surface area contributed by atoms with E-state index >= 15 is 0 Å². The van der Waals surface area contributed by atoms with Gasteiger partial charge < -0.3 is 10.6 Å². The van der Waals surface area contributed by atoms with E-state index in [1.54, 1.807) is 11.3 Å². The molecule has 4 nitrogen and oxygen atoms in total. The molecule has 2 atom stereocenters. The van der Waals surface area contributed by atoms with Crippen LogP contribution in [0.4, 0.5) is 0 Å². The second-order valence-electron chi connectivity index (χ2n) is 6.06. The van der Waals surface area contributed by atoms with Gasteiger partial charge in [-0.3, -0.25) is 4.79 Å². The van der Waals surface area contributed by atoms with E-state index in [1.807, 2.05) is 34.5 Å². The number of halogens is 1. The Morgan fingerprint density at radius 2 is 2.35 bits per heavy atom. The lowest BCUT2D eigenvalue weighted by Gasteiger charge is -2.21. The van der Waals surface area contributed by atoms with Crippen LogP contribution in [0.5, 0.6) is 0 Å². The van der Waals surface area contributed by atoms with Crippen LogP contribution in [-0.2, 0) is 11.2 Å². The van der Waals surface area contributed by atoms with Crippen molar-refractivity contribution >= 4 is 33.2 Å². The molecule has 2 aromatic rings. The third-order valence-corrected chi connectivity index (χ3v) is 5.70. The topological polar surface area (TPSA) is 59.2 Å². The molecular formula is C17H20BrN3OS. The number of carbonyl (C=O) groups is 1. The molecule has 1 aliphatic rings. The fourth-order valence-electron chi connectivity index (χ4n) is 3.06. The molecular weight excluding hydrogens is 374 g/mol. The third-order valence-electron chi connectivity index (χ3n) is 4.27. The van der Waals surface area contributed by atoms with Gasteiger partial charge >= 0.3 is 0 Å². The highest BCUT2D eigenvalue weighted by atomic mass is 79.9. The molecule has 0 bridgehead atoms. The summed E-state index contributed by atoms with van der Waals surface area (Å²) in [6, 6.07) is 8.33. The minimum Gasteiger partial charge on any atom is -0.339 e. The summed E-state index contributed by atoms with van der Waals surface area (Å²) in [6.45, 7) is 3.53. The number of aromatic nitrogens is 1. The lowest BCUT2D eigenvalue weighted by molar-refractivity contribution is -0.131. The van der Waals surface area contributed by atoms with Crippen molar-refractivity contribution in [3.05, 3.63) is 39.8 Å². The van der Waals surface area contributed by atoms with Gasteiger partial charge in [0.05, 0.1) is 12.1 Å². The number of likely N-dealkylation sites (tertiary alicyclic amines) is 1. The van der Waals surface area contributed by atoms with Gasteiger partial charge in [0.1, 0.15) is 5.01 Å². The average Bonchev–Trinajstić information content (AvgIpc) is 3.13. The highest BCUT2D eigenvalue weighted by Crippen LogP contribution is 2.27. The second kappa shape index (κ2) is 7.11. The lowest BCUT2D eigenvalue weighted by Crippen LogP contribution is -2.35. The van der Waals surface area contributed by atoms with Crippen LogP contribution in [0.3, 0.4) is 0 Å². The molecule has 2 N–H and O–H groups in total. The number of hydrogen-bond acceptors (Lipinski definition) is 4. The SMILES string of the molecule is CC1CC(CN)CN1C(=O)Cc1csc(-c2cccc(Br)c2)n1. The van der Waals surface area contributed by atoms with Crippen molar-refractivity contribution in [3.8, 4) is 10.6 Å². The van der Waals surface area contributed by atoms with Crippen molar-refractivity contribution in [1.82, 2.24) is 9.88 Å². The first-order valence-corrected chi connectivity index (χ1v) is 9.44. The van der Waals surface area contributed by atoms with Crippen LogP contribution in [0.25, 0.3) is 10.6 Å². The van der Waals surface area contributed by atoms with Gasteiger partial charge in [-0.25, -0.2) is 4.98 Å². The Hall–Kier alpha value is -1.24. The predicted octanol–water partition coefficient (Wildman–Crippen LogP) is 3.31. The monoisotopic (exact) mass is 393 g/mol. The van der Waals surface area contributed by atoms with Crippen molar-refractivity contribution in [3.63, 3.8) is 0 Å². The van der Waals surface area contributed by atoms with E-state index < -0.39 is 0 Å². The van der Waals surface area contributed by atoms with Crippen LogP contribution in [0.2, 0.25) is 0 Å². The summed E-state index contributed by atoms with van der Waals surface area (Å²) in [5.41, 5.74) is 7.65. The van der Waals surface area contributed by atoms with Crippen LogP contribution in [0.15, 0.2) is 34.1 Å². The summed E-state index contributed by atoms with van der Waals surface area (Å²) in [5.74, 6) is 0.584. The maximum Gasteiger partial charge on any atom is 0.228 e. The van der Waals surface area contributed by atoms with E-state index in [9.17, 15) is 4.79 Å². The fourth-order valence-corrected chi connectivity index (χ4v) is 4.28. The molecule has 0 spiro atoms. The first-order chi connectivity index (χ1) is 11.1. The van der Waals surface area contributed by atoms with Gasteiger partial charge in [-0.15, -0.1) is 11.3 Å². The standard InChI is InChI=1S/C17H20BrN3OS/c1-11-5-12(8-19)9-21(11)16(22)7-15-10-23-17(20-15)13-3-2-4-14(18)6-13/h2-4,6,10-12H,5,7-9,19H2,1H3. The van der Waals surface area contributed by atoms with Crippen molar-refractivity contribution in [2.45, 2.75) is 25.8 Å². The molecule has 1 aromatic heterocycles. The van der Waals surface area contributed by atoms with E-state index in [1.165, 1.54) is 0 Å². The average molecular weight is 394 g/mol. The first-order valence-electron chi connectivity index (χ1n) is 7.76. The Morgan fingerprint density at radius 1 is 1.52 bits per heavy atom. The number of carbonyl (C=O) groups excluding carboxylic acids is 1. The molecule has 2 unspecified atom stereocenters. The van der Waals surface area contributed by atoms with Crippen molar-refractivity contribution in [2.24, 2.45) is 11.7 Å². The highest BCUT2D eigenvalue weighted by Gasteiger charge is 2.31. The number of nitrogens with two attached hydrogens (primary N) is 1. The van der Waals surface area contributed by atoms with Gasteiger partial charge in [-0.1, -0.05) is 28.1 Å². The maximum atomic E-state index is 12.5. The molecule has 1 amide bonds. The number of hydrogen-bond donors (Lipinski definition) is 1. The maximum absolute atomic E-state index is 12.5. The highest BCUT2D eigenvalue weighted by molar-refractivity contribution is 9.10. The van der Waals surface area contributed by atoms with Crippen LogP contribution in [0, 0.1) is 5.92 Å². The minimum atomic E-state index is 0.152. The molecule has 23 heavy (non-hydrogen) atoms. The molecule has 1 aliphatic heterocycles. The third kappa shape index (κ3) is 3.82. The molecule has 122 valence electrons. The molecule has 0 aliphatic carbocycles. The number of nitrogens with zero attached hydrogens (tertiary/aromatic N) is 2. The van der Waals surface area contributed by atoms with E-state index in [-0.39, 0.29) is 11.9 Å². The number of amides is 1. The summed E-state index contributed by atoms with van der Waals surface area (Å²) in [7, 11) is 0. The number of rotatable bonds is 4. The summed E-state index contributed by atoms with van der Waals surface area (Å²) < 4.78 is 1.03. The molecule has 0 radical (unpaired) electrons. The van der Waals surface area contributed by atoms with Crippen LogP contribution in [-0.4, -0.2) is 34.9 Å². The van der Waals surface area contributed by atoms with E-state index in [2.05, 4.69) is 27.8 Å². The molecule has 3 rings (SSSR count). The van der Waals surface area contributed by atoms with Gasteiger partial charge in [-0.05, 0) is 37.9 Å². The molecule has 0 saturated carbocycles. The smallest absolute Gasteiger partial charge is 0.228 e. The zero-order valence-electron chi connectivity index (χ0n) is 13.0. The molecule has 1 saturated heterocycles. The van der Waals surface area contributed by atoms with Crippen LogP contribution >= 0.6 is 27.3 Å². The molecule has 1 aromatic carbocycles. The first kappa shape index (κ1) is 16.6. The van der Waals surface area contributed by atoms with Gasteiger partial charge in [-0.2, -0.15) is 0 Å². The van der Waals surface area contributed by atoms with Gasteiger partial charge in [0, 0.05) is 28.0 Å². The summed E-state index contributed by atoms with van der Waals surface area (Å²) in [6.07, 6.45) is 1.37. The van der Waals surface area contributed by atoms with Crippen molar-refractivity contribution in [1.29, 1.82) is 0 Å². The Labute approximate surface area is 148 Å². The van der Waals surface area contributed by atoms with E-state index in [0.717, 1.165) is 33.7 Å². The second-order valence-corrected chi connectivity index (χ2v) is 7.84. The number of thiazole rings is 1. The van der Waals surface area contributed by atoms with Crippen molar-refractivity contribution < 1.29 is 4.79 Å². The Bertz CT molecular complexity index is 703. The van der Waals surface area contributed by atoms with Gasteiger partial charge in [0.2, 0.25) is 5.91 Å². The zero-order valence-corrected chi connectivity index (χ0v) is 15.4. The molecule has 6 heteroatoms. The van der Waals surface area contributed by atoms with E-state index in [4.69, 9.17) is 5.73 Å². The predicted molar refractivity (Wildman–Crippen MR) is 97.3 cm³/mol. The lowest BCUT2D eigenvalue weighted by atomic mass is 10.1. The molecule has 2 heterocycles. The largest absolute Gasteiger partial charge is 0.339 e. The quantitative estimate of drug-likeness (QED) is 0.866. The van der Waals surface area contributed by atoms with Gasteiger partial charge in [0.25, 0.3) is 0 Å². The Morgan fingerprint density at radius 3 is 3.04 bits per heavy atom. The normalized spacial score (nSPS) is 20.9. The van der Waals surface area contributed by atoms with E-state index in [0.29, 0.717) is 18.9 Å². The summed E-state index contributed by atoms with van der Waals surface area (Å²) in [4.78, 5) is 19.1. The Balaban J connectivity index is 1.68. The molecule has 1 fully saturated rings. The number of benzene rings is 1. The zero-order chi connectivity index (χ0) is 16.4. The minimum absolute atomic E-state index is 0.152. The fraction of sp³-hybridized carbons (Fsp3) is 0.412. The van der Waals surface area contributed by atoms with Crippen LogP contribution < -0.4 is 5.73 Å². The van der Waals surface area contributed by atoms with Crippen molar-refractivity contribution in [2.75, 3.05) is 13.1 Å². The van der Waals surface area contributed by atoms with Crippen LogP contribution in [0.1, 0.15) is 19.0 Å². The summed E-state index contributed by atoms with van der Waals surface area (Å²) in [5, 5.41) is 2.93.